The smallest absolute Gasteiger partial charge is 0.230 e. The Morgan fingerprint density at radius 2 is 2.05 bits per heavy atom. The summed E-state index contributed by atoms with van der Waals surface area (Å²) in [4.78, 5) is 12.3. The summed E-state index contributed by atoms with van der Waals surface area (Å²) in [6.07, 6.45) is 1.73. The lowest BCUT2D eigenvalue weighted by Gasteiger charge is -2.32. The lowest BCUT2D eigenvalue weighted by Crippen LogP contribution is -2.42. The molecule has 0 atom stereocenters. The van der Waals surface area contributed by atoms with Crippen molar-refractivity contribution < 1.29 is 4.79 Å². The van der Waals surface area contributed by atoms with E-state index in [0.29, 0.717) is 5.02 Å². The van der Waals surface area contributed by atoms with Crippen molar-refractivity contribution in [1.82, 2.24) is 5.32 Å². The lowest BCUT2D eigenvalue weighted by atomic mass is 9.80. The van der Waals surface area contributed by atoms with Gasteiger partial charge in [0.1, 0.15) is 0 Å². The Kier molecular flexibility index (Phi) is 6.12. The van der Waals surface area contributed by atoms with Gasteiger partial charge in [-0.05, 0) is 60.1 Å². The Labute approximate surface area is 133 Å². The van der Waals surface area contributed by atoms with Crippen LogP contribution in [-0.2, 0) is 4.79 Å². The van der Waals surface area contributed by atoms with Gasteiger partial charge in [-0.25, -0.2) is 0 Å². The molecule has 6 heteroatoms. The zero-order chi connectivity index (χ0) is 13.2. The molecule has 1 fully saturated rings. The van der Waals surface area contributed by atoms with Gasteiger partial charge in [-0.2, -0.15) is 0 Å². The lowest BCUT2D eigenvalue weighted by molar-refractivity contribution is -0.126. The summed E-state index contributed by atoms with van der Waals surface area (Å²) in [5, 5.41) is 6.89. The molecule has 0 spiro atoms. The SMILES string of the molecule is CC1(C(=O)Nc2ccc(Cl)cc2Br)CCNCC1.Cl. The van der Waals surface area contributed by atoms with Crippen molar-refractivity contribution in [3.05, 3.63) is 27.7 Å². The fourth-order valence-corrected chi connectivity index (χ4v) is 2.85. The van der Waals surface area contributed by atoms with E-state index in [9.17, 15) is 4.79 Å². The Morgan fingerprint density at radius 3 is 2.63 bits per heavy atom. The average Bonchev–Trinajstić information content (AvgIpc) is 2.33. The molecule has 1 aromatic carbocycles. The van der Waals surface area contributed by atoms with Crippen molar-refractivity contribution in [2.75, 3.05) is 18.4 Å². The van der Waals surface area contributed by atoms with Gasteiger partial charge in [0, 0.05) is 14.9 Å². The van der Waals surface area contributed by atoms with E-state index >= 15 is 0 Å². The van der Waals surface area contributed by atoms with E-state index in [-0.39, 0.29) is 23.7 Å². The number of anilines is 1. The molecule has 0 aromatic heterocycles. The van der Waals surface area contributed by atoms with Crippen molar-refractivity contribution in [1.29, 1.82) is 0 Å². The van der Waals surface area contributed by atoms with Crippen LogP contribution in [0.15, 0.2) is 22.7 Å². The second kappa shape index (κ2) is 6.93. The molecule has 0 saturated carbocycles. The second-order valence-corrected chi connectivity index (χ2v) is 6.18. The van der Waals surface area contributed by atoms with Gasteiger partial charge in [0.25, 0.3) is 0 Å². The third-order valence-corrected chi connectivity index (χ3v) is 4.33. The van der Waals surface area contributed by atoms with E-state index in [1.165, 1.54) is 0 Å². The van der Waals surface area contributed by atoms with E-state index in [4.69, 9.17) is 11.6 Å². The first kappa shape index (κ1) is 16.8. The molecule has 1 heterocycles. The number of hydrogen-bond donors (Lipinski definition) is 2. The molecular formula is C13H17BrCl2N2O. The summed E-state index contributed by atoms with van der Waals surface area (Å²) in [6.45, 7) is 3.81. The van der Waals surface area contributed by atoms with Crippen LogP contribution in [0.4, 0.5) is 5.69 Å². The highest BCUT2D eigenvalue weighted by Crippen LogP contribution is 2.32. The molecule has 106 valence electrons. The van der Waals surface area contributed by atoms with Gasteiger partial charge in [-0.15, -0.1) is 12.4 Å². The van der Waals surface area contributed by atoms with Crippen LogP contribution in [0.25, 0.3) is 0 Å². The predicted octanol–water partition coefficient (Wildman–Crippen LogP) is 3.85. The van der Waals surface area contributed by atoms with Crippen molar-refractivity contribution >= 4 is 51.5 Å². The zero-order valence-corrected chi connectivity index (χ0v) is 13.8. The summed E-state index contributed by atoms with van der Waals surface area (Å²) in [6, 6.07) is 5.36. The van der Waals surface area contributed by atoms with Crippen LogP contribution in [0.5, 0.6) is 0 Å². The maximum absolute atomic E-state index is 12.3. The minimum Gasteiger partial charge on any atom is -0.325 e. The number of carbonyl (C=O) groups excluding carboxylic acids is 1. The van der Waals surface area contributed by atoms with Gasteiger partial charge in [0.2, 0.25) is 5.91 Å². The molecule has 1 aliphatic heterocycles. The molecule has 1 saturated heterocycles. The van der Waals surface area contributed by atoms with Crippen LogP contribution < -0.4 is 10.6 Å². The first-order chi connectivity index (χ1) is 8.51. The van der Waals surface area contributed by atoms with E-state index in [0.717, 1.165) is 36.1 Å². The summed E-state index contributed by atoms with van der Waals surface area (Å²) < 4.78 is 0.806. The van der Waals surface area contributed by atoms with Crippen molar-refractivity contribution in [2.24, 2.45) is 5.41 Å². The van der Waals surface area contributed by atoms with Crippen molar-refractivity contribution in [3.63, 3.8) is 0 Å². The largest absolute Gasteiger partial charge is 0.325 e. The van der Waals surface area contributed by atoms with Crippen LogP contribution in [0.2, 0.25) is 5.02 Å². The first-order valence-electron chi connectivity index (χ1n) is 5.98. The zero-order valence-electron chi connectivity index (χ0n) is 10.6. The van der Waals surface area contributed by atoms with Gasteiger partial charge in [0.15, 0.2) is 0 Å². The van der Waals surface area contributed by atoms with Crippen LogP contribution in [0, 0.1) is 5.41 Å². The fraction of sp³-hybridized carbons (Fsp3) is 0.462. The Bertz CT molecular complexity index is 462. The van der Waals surface area contributed by atoms with E-state index in [2.05, 4.69) is 26.6 Å². The Balaban J connectivity index is 0.00000180. The summed E-state index contributed by atoms with van der Waals surface area (Å²) in [5.74, 6) is 0.0759. The number of amides is 1. The van der Waals surface area contributed by atoms with Crippen molar-refractivity contribution in [2.45, 2.75) is 19.8 Å². The molecule has 0 unspecified atom stereocenters. The average molecular weight is 368 g/mol. The highest BCUT2D eigenvalue weighted by atomic mass is 79.9. The van der Waals surface area contributed by atoms with Gasteiger partial charge in [-0.3, -0.25) is 4.79 Å². The van der Waals surface area contributed by atoms with Crippen LogP contribution in [0.1, 0.15) is 19.8 Å². The summed E-state index contributed by atoms with van der Waals surface area (Å²) >= 11 is 9.28. The minimum absolute atomic E-state index is 0. The Morgan fingerprint density at radius 1 is 1.42 bits per heavy atom. The monoisotopic (exact) mass is 366 g/mol. The first-order valence-corrected chi connectivity index (χ1v) is 7.16. The maximum Gasteiger partial charge on any atom is 0.230 e. The van der Waals surface area contributed by atoms with Gasteiger partial charge >= 0.3 is 0 Å². The predicted molar refractivity (Wildman–Crippen MR) is 85.2 cm³/mol. The van der Waals surface area contributed by atoms with Crippen LogP contribution in [0.3, 0.4) is 0 Å². The summed E-state index contributed by atoms with van der Waals surface area (Å²) in [7, 11) is 0. The number of rotatable bonds is 2. The molecular weight excluding hydrogens is 351 g/mol. The normalized spacial score (nSPS) is 17.4. The molecule has 0 radical (unpaired) electrons. The molecule has 0 bridgehead atoms. The maximum atomic E-state index is 12.3. The third-order valence-electron chi connectivity index (χ3n) is 3.43. The van der Waals surface area contributed by atoms with Crippen LogP contribution >= 0.6 is 39.9 Å². The number of piperidine rings is 1. The topological polar surface area (TPSA) is 41.1 Å². The van der Waals surface area contributed by atoms with Gasteiger partial charge in [-0.1, -0.05) is 18.5 Å². The van der Waals surface area contributed by atoms with Gasteiger partial charge in [0.05, 0.1) is 5.69 Å². The van der Waals surface area contributed by atoms with Gasteiger partial charge < -0.3 is 10.6 Å². The molecule has 19 heavy (non-hydrogen) atoms. The number of hydrogen-bond acceptors (Lipinski definition) is 2. The number of carbonyl (C=O) groups is 1. The highest BCUT2D eigenvalue weighted by Gasteiger charge is 2.34. The molecule has 2 rings (SSSR count). The molecule has 1 aliphatic rings. The number of nitrogens with one attached hydrogen (secondary N) is 2. The van der Waals surface area contributed by atoms with E-state index in [1.54, 1.807) is 12.1 Å². The Hall–Kier alpha value is -0.290. The number of halogens is 3. The van der Waals surface area contributed by atoms with Crippen molar-refractivity contribution in [3.8, 4) is 0 Å². The standard InChI is InChI=1S/C13H16BrClN2O.ClH/c1-13(4-6-16-7-5-13)12(18)17-11-3-2-9(15)8-10(11)14;/h2-3,8,16H,4-7H2,1H3,(H,17,18);1H. The quantitative estimate of drug-likeness (QED) is 0.833. The number of benzene rings is 1. The van der Waals surface area contributed by atoms with Crippen LogP contribution in [-0.4, -0.2) is 19.0 Å². The highest BCUT2D eigenvalue weighted by molar-refractivity contribution is 9.10. The third kappa shape index (κ3) is 4.09. The molecule has 3 nitrogen and oxygen atoms in total. The molecule has 2 N–H and O–H groups in total. The second-order valence-electron chi connectivity index (χ2n) is 4.89. The minimum atomic E-state index is -0.287. The summed E-state index contributed by atoms with van der Waals surface area (Å²) in [5.41, 5.74) is 0.480. The van der Waals surface area contributed by atoms with E-state index in [1.807, 2.05) is 13.0 Å². The molecule has 0 aliphatic carbocycles. The molecule has 1 amide bonds. The fourth-order valence-electron chi connectivity index (χ4n) is 2.07. The van der Waals surface area contributed by atoms with E-state index < -0.39 is 0 Å². The molecule has 1 aromatic rings.